The van der Waals surface area contributed by atoms with E-state index >= 15 is 0 Å². The lowest BCUT2D eigenvalue weighted by atomic mass is 9.85. The molecule has 0 aliphatic heterocycles. The Balaban J connectivity index is 0.000000148. The number of oxazole rings is 1. The Bertz CT molecular complexity index is 2590. The number of aromatic hydroxyl groups is 1. The standard InChI is InChI=1S/C23H22N4OS.C23H21N3OS/c1-15-13-27(14-24-15)19-11-10-17(12-20(19)28)25-23-26-22-18(8-5-9-21(22)29-23)16-6-3-2-4-7-16;1-15-24-14-20(27-15)17-10-12-18(13-11-17)25-23-26-22-19(8-5-9-21(22)28-23)16-6-3-2-4-7-16/h2-4,6-7,10-14,18,28H,5,8-9H2,1H3,(H,25,26);2-4,6-7,10-14,19H,5,8-9H2,1H3,(H,25,26). The highest BCUT2D eigenvalue weighted by molar-refractivity contribution is 7.16. The molecule has 11 heteroatoms. The summed E-state index contributed by atoms with van der Waals surface area (Å²) in [6.07, 6.45) is 12.3. The Labute approximate surface area is 340 Å². The molecule has 2 aliphatic carbocycles. The van der Waals surface area contributed by atoms with Gasteiger partial charge in [0.25, 0.3) is 0 Å². The SMILES string of the molecule is Cc1cn(-c2ccc(Nc3nc4c(s3)CCCC4c3ccccc3)cc2O)cn1.Cc1ncc(-c2ccc(Nc3nc4c(s3)CCCC4c3ccccc3)cc2)o1. The number of hydrogen-bond donors (Lipinski definition) is 3. The van der Waals surface area contributed by atoms with E-state index in [2.05, 4.69) is 93.4 Å². The Morgan fingerprint density at radius 2 is 1.28 bits per heavy atom. The topological polar surface area (TPSA) is 114 Å². The van der Waals surface area contributed by atoms with E-state index in [-0.39, 0.29) is 5.75 Å². The average Bonchev–Trinajstić information content (AvgIpc) is 4.06. The van der Waals surface area contributed by atoms with E-state index in [0.717, 1.165) is 57.9 Å². The molecule has 0 fully saturated rings. The maximum atomic E-state index is 10.5. The van der Waals surface area contributed by atoms with Gasteiger partial charge in [-0.15, -0.1) is 22.7 Å². The lowest BCUT2D eigenvalue weighted by molar-refractivity contribution is 0.472. The third-order valence-electron chi connectivity index (χ3n) is 10.6. The van der Waals surface area contributed by atoms with Gasteiger partial charge in [0.2, 0.25) is 0 Å². The fourth-order valence-electron chi connectivity index (χ4n) is 7.80. The summed E-state index contributed by atoms with van der Waals surface area (Å²) in [4.78, 5) is 21.1. The van der Waals surface area contributed by atoms with Crippen LogP contribution in [0.3, 0.4) is 0 Å². The van der Waals surface area contributed by atoms with Crippen molar-refractivity contribution in [3.8, 4) is 22.8 Å². The van der Waals surface area contributed by atoms with Gasteiger partial charge < -0.3 is 24.7 Å². The molecule has 2 unspecified atom stereocenters. The zero-order valence-corrected chi connectivity index (χ0v) is 33.5. The van der Waals surface area contributed by atoms with E-state index < -0.39 is 0 Å². The van der Waals surface area contributed by atoms with Crippen molar-refractivity contribution >= 4 is 44.3 Å². The van der Waals surface area contributed by atoms with Gasteiger partial charge in [-0.25, -0.2) is 19.9 Å². The van der Waals surface area contributed by atoms with Crippen LogP contribution in [-0.2, 0) is 12.8 Å². The first kappa shape index (κ1) is 36.6. The molecule has 2 atom stereocenters. The third kappa shape index (κ3) is 8.12. The molecule has 0 amide bonds. The summed E-state index contributed by atoms with van der Waals surface area (Å²) >= 11 is 3.50. The molecule has 10 rings (SSSR count). The Kier molecular flexibility index (Phi) is 10.4. The zero-order chi connectivity index (χ0) is 38.7. The predicted molar refractivity (Wildman–Crippen MR) is 230 cm³/mol. The molecule has 4 heterocycles. The highest BCUT2D eigenvalue weighted by Gasteiger charge is 2.27. The minimum absolute atomic E-state index is 0.205. The number of thiazole rings is 2. The number of hydrogen-bond acceptors (Lipinski definition) is 10. The molecule has 0 spiro atoms. The van der Waals surface area contributed by atoms with E-state index in [1.54, 1.807) is 41.3 Å². The first-order valence-corrected chi connectivity index (χ1v) is 21.1. The van der Waals surface area contributed by atoms with Crippen LogP contribution in [0.5, 0.6) is 5.75 Å². The van der Waals surface area contributed by atoms with E-state index in [0.29, 0.717) is 23.4 Å². The number of anilines is 4. The van der Waals surface area contributed by atoms with Gasteiger partial charge in [-0.05, 0) is 93.0 Å². The van der Waals surface area contributed by atoms with Gasteiger partial charge in [0.15, 0.2) is 21.9 Å². The number of benzene rings is 4. The van der Waals surface area contributed by atoms with E-state index in [4.69, 9.17) is 14.4 Å². The lowest BCUT2D eigenvalue weighted by Gasteiger charge is -2.21. The molecule has 8 aromatic rings. The van der Waals surface area contributed by atoms with Gasteiger partial charge in [-0.3, -0.25) is 0 Å². The van der Waals surface area contributed by atoms with Crippen LogP contribution in [0.4, 0.5) is 21.6 Å². The third-order valence-corrected chi connectivity index (χ3v) is 12.7. The highest BCUT2D eigenvalue weighted by atomic mass is 32.1. The van der Waals surface area contributed by atoms with Crippen LogP contribution >= 0.6 is 22.7 Å². The van der Waals surface area contributed by atoms with Crippen molar-refractivity contribution in [2.24, 2.45) is 0 Å². The second-order valence-corrected chi connectivity index (χ2v) is 16.7. The van der Waals surface area contributed by atoms with E-state index in [1.165, 1.54) is 51.5 Å². The van der Waals surface area contributed by atoms with Crippen molar-refractivity contribution < 1.29 is 9.52 Å². The number of imidazole rings is 1. The molecule has 4 aromatic carbocycles. The van der Waals surface area contributed by atoms with Crippen molar-refractivity contribution in [2.75, 3.05) is 10.6 Å². The molecule has 57 heavy (non-hydrogen) atoms. The van der Waals surface area contributed by atoms with Crippen molar-refractivity contribution in [3.63, 3.8) is 0 Å². The summed E-state index contributed by atoms with van der Waals surface area (Å²) in [6.45, 7) is 3.78. The molecule has 0 radical (unpaired) electrons. The van der Waals surface area contributed by atoms with Crippen LogP contribution in [-0.4, -0.2) is 29.6 Å². The van der Waals surface area contributed by atoms with Gasteiger partial charge in [0, 0.05) is 57.7 Å². The summed E-state index contributed by atoms with van der Waals surface area (Å²) in [5, 5.41) is 19.2. The van der Waals surface area contributed by atoms with Crippen LogP contribution in [0.1, 0.15) is 81.4 Å². The van der Waals surface area contributed by atoms with Gasteiger partial charge in [-0.1, -0.05) is 60.7 Å². The lowest BCUT2D eigenvalue weighted by Crippen LogP contribution is -2.09. The first-order chi connectivity index (χ1) is 27.9. The van der Waals surface area contributed by atoms with Crippen molar-refractivity contribution in [1.82, 2.24) is 24.5 Å². The van der Waals surface area contributed by atoms with Gasteiger partial charge in [0.05, 0.1) is 35.3 Å². The fourth-order valence-corrected chi connectivity index (χ4v) is 9.97. The molecule has 286 valence electrons. The highest BCUT2D eigenvalue weighted by Crippen LogP contribution is 2.42. The summed E-state index contributed by atoms with van der Waals surface area (Å²) < 4.78 is 7.42. The number of phenols is 1. The molecular weight excluding hydrogens is 747 g/mol. The molecule has 0 bridgehead atoms. The van der Waals surface area contributed by atoms with E-state index in [1.807, 2.05) is 48.9 Å². The average molecular weight is 790 g/mol. The maximum Gasteiger partial charge on any atom is 0.191 e. The fraction of sp³-hybridized carbons (Fsp3) is 0.217. The van der Waals surface area contributed by atoms with Crippen LogP contribution in [0.2, 0.25) is 0 Å². The van der Waals surface area contributed by atoms with Crippen LogP contribution in [0.25, 0.3) is 17.0 Å². The molecule has 4 aromatic heterocycles. The van der Waals surface area contributed by atoms with Crippen LogP contribution in [0, 0.1) is 13.8 Å². The van der Waals surface area contributed by atoms with Crippen molar-refractivity contribution in [1.29, 1.82) is 0 Å². The van der Waals surface area contributed by atoms with Crippen LogP contribution < -0.4 is 10.6 Å². The Morgan fingerprint density at radius 3 is 1.81 bits per heavy atom. The van der Waals surface area contributed by atoms with Gasteiger partial charge in [-0.2, -0.15) is 0 Å². The number of rotatable bonds is 8. The van der Waals surface area contributed by atoms with Crippen molar-refractivity contribution in [3.05, 3.63) is 166 Å². The number of fused-ring (bicyclic) bond motifs is 2. The molecule has 2 aliphatic rings. The number of phenolic OH excluding ortho intramolecular Hbond substituents is 1. The number of nitrogens with one attached hydrogen (secondary N) is 2. The minimum atomic E-state index is 0.205. The monoisotopic (exact) mass is 789 g/mol. The Morgan fingerprint density at radius 1 is 0.702 bits per heavy atom. The summed E-state index contributed by atoms with van der Waals surface area (Å²) in [5.41, 5.74) is 9.64. The minimum Gasteiger partial charge on any atom is -0.506 e. The first-order valence-electron chi connectivity index (χ1n) is 19.4. The Hall–Kier alpha value is -6.04. The molecule has 9 nitrogen and oxygen atoms in total. The second kappa shape index (κ2) is 16.2. The molecular formula is C46H43N7O2S2. The van der Waals surface area contributed by atoms with Crippen LogP contribution in [0.15, 0.2) is 126 Å². The summed E-state index contributed by atoms with van der Waals surface area (Å²) in [7, 11) is 0. The molecule has 0 saturated heterocycles. The molecule has 0 saturated carbocycles. The smallest absolute Gasteiger partial charge is 0.191 e. The predicted octanol–water partition coefficient (Wildman–Crippen LogP) is 11.9. The largest absolute Gasteiger partial charge is 0.506 e. The number of aromatic nitrogens is 5. The summed E-state index contributed by atoms with van der Waals surface area (Å²) in [5.74, 6) is 2.45. The van der Waals surface area contributed by atoms with Crippen molar-refractivity contribution in [2.45, 2.75) is 64.2 Å². The zero-order valence-electron chi connectivity index (χ0n) is 31.9. The normalized spacial score (nSPS) is 15.9. The van der Waals surface area contributed by atoms with E-state index in [9.17, 15) is 5.11 Å². The molecule has 3 N–H and O–H groups in total. The summed E-state index contributed by atoms with van der Waals surface area (Å²) in [6, 6.07) is 35.2. The quantitative estimate of drug-likeness (QED) is 0.139. The maximum absolute atomic E-state index is 10.5. The number of nitrogens with zero attached hydrogens (tertiary/aromatic N) is 5. The van der Waals surface area contributed by atoms with Gasteiger partial charge >= 0.3 is 0 Å². The second-order valence-electron chi connectivity index (χ2n) is 14.6. The van der Waals surface area contributed by atoms with Gasteiger partial charge in [0.1, 0.15) is 5.75 Å². The number of aryl methyl sites for hydroxylation is 4.